The van der Waals surface area contributed by atoms with Crippen LogP contribution in [0.5, 0.6) is 5.88 Å². The van der Waals surface area contributed by atoms with Crippen LogP contribution in [0.4, 0.5) is 0 Å². The van der Waals surface area contributed by atoms with Crippen LogP contribution in [0.2, 0.25) is 0 Å². The van der Waals surface area contributed by atoms with E-state index in [1.165, 1.54) is 4.57 Å². The second kappa shape index (κ2) is 12.1. The summed E-state index contributed by atoms with van der Waals surface area (Å²) in [5.74, 6) is -0.110. The number of ether oxygens (including phenoxy) is 2. The van der Waals surface area contributed by atoms with Crippen molar-refractivity contribution in [2.24, 2.45) is 4.99 Å². The van der Waals surface area contributed by atoms with Gasteiger partial charge in [-0.05, 0) is 18.1 Å². The molecule has 0 aliphatic carbocycles. The van der Waals surface area contributed by atoms with Gasteiger partial charge >= 0.3 is 0 Å². The summed E-state index contributed by atoms with van der Waals surface area (Å²) in [6.45, 7) is 11.2. The molecule has 1 atom stereocenters. The molecular weight excluding hydrogens is 384 g/mol. The minimum Gasteiger partial charge on any atom is -0.494 e. The Balaban J connectivity index is 2.32. The Bertz CT molecular complexity index is 949. The zero-order chi connectivity index (χ0) is 21.9. The number of pyridine rings is 1. The SMILES string of the molecule is C=Cc1cccc2c(=O)n(CCC)c(O)c(C=NCC(C=C)OCCOCCO)c12. The lowest BCUT2D eigenvalue weighted by Crippen LogP contribution is -2.22. The maximum absolute atomic E-state index is 12.8. The van der Waals surface area contributed by atoms with E-state index in [1.807, 2.05) is 13.0 Å². The minimum absolute atomic E-state index is 0.0283. The Morgan fingerprint density at radius 1 is 1.27 bits per heavy atom. The maximum atomic E-state index is 12.8. The average Bonchev–Trinajstić information content (AvgIpc) is 2.76. The Morgan fingerprint density at radius 2 is 2.07 bits per heavy atom. The molecule has 1 aromatic carbocycles. The van der Waals surface area contributed by atoms with Gasteiger partial charge in [0.15, 0.2) is 0 Å². The Kier molecular flexibility index (Phi) is 9.47. The highest BCUT2D eigenvalue weighted by molar-refractivity contribution is 6.05. The first-order chi connectivity index (χ1) is 14.6. The number of aliphatic hydroxyl groups is 1. The average molecular weight is 415 g/mol. The molecule has 2 N–H and O–H groups in total. The van der Waals surface area contributed by atoms with Crippen LogP contribution in [0.1, 0.15) is 24.5 Å². The molecule has 7 heteroatoms. The highest BCUT2D eigenvalue weighted by Gasteiger charge is 2.16. The molecule has 1 unspecified atom stereocenters. The third-order valence-electron chi connectivity index (χ3n) is 4.57. The van der Waals surface area contributed by atoms with Gasteiger partial charge in [-0.15, -0.1) is 6.58 Å². The summed E-state index contributed by atoms with van der Waals surface area (Å²) in [5, 5.41) is 20.7. The Hall–Kier alpha value is -2.74. The molecule has 0 bridgehead atoms. The normalized spacial score (nSPS) is 12.5. The molecule has 0 fully saturated rings. The van der Waals surface area contributed by atoms with Crippen LogP contribution in [0.15, 0.2) is 47.2 Å². The van der Waals surface area contributed by atoms with Gasteiger partial charge in [0.1, 0.15) is 0 Å². The van der Waals surface area contributed by atoms with Gasteiger partial charge in [0, 0.05) is 23.5 Å². The second-order valence-electron chi connectivity index (χ2n) is 6.64. The number of hydrogen-bond donors (Lipinski definition) is 2. The molecule has 0 radical (unpaired) electrons. The Labute approximate surface area is 176 Å². The first kappa shape index (κ1) is 23.5. The van der Waals surface area contributed by atoms with Gasteiger partial charge in [0.05, 0.1) is 44.6 Å². The molecule has 0 aliphatic rings. The van der Waals surface area contributed by atoms with Gasteiger partial charge in [0.2, 0.25) is 5.88 Å². The van der Waals surface area contributed by atoms with Crippen molar-refractivity contribution in [3.63, 3.8) is 0 Å². The standard InChI is InChI=1S/C23H30N2O5/c1-4-10-25-22(27)19-9-7-8-17(5-2)21(19)20(23(25)28)16-24-15-18(6-3)30-14-13-29-12-11-26/h5-9,16,18,26,28H,2-4,10-15H2,1H3. The van der Waals surface area contributed by atoms with Gasteiger partial charge in [-0.2, -0.15) is 0 Å². The molecule has 0 saturated carbocycles. The topological polar surface area (TPSA) is 93.3 Å². The fourth-order valence-electron chi connectivity index (χ4n) is 3.14. The number of nitrogens with zero attached hydrogens (tertiary/aromatic N) is 2. The van der Waals surface area contributed by atoms with Gasteiger partial charge in [-0.3, -0.25) is 14.4 Å². The van der Waals surface area contributed by atoms with E-state index in [0.717, 1.165) is 5.56 Å². The van der Waals surface area contributed by atoms with E-state index in [1.54, 1.807) is 30.5 Å². The summed E-state index contributed by atoms with van der Waals surface area (Å²) in [7, 11) is 0. The number of rotatable bonds is 13. The van der Waals surface area contributed by atoms with Crippen LogP contribution in [-0.2, 0) is 16.0 Å². The Morgan fingerprint density at radius 3 is 2.73 bits per heavy atom. The second-order valence-corrected chi connectivity index (χ2v) is 6.64. The van der Waals surface area contributed by atoms with Crippen LogP contribution in [0.25, 0.3) is 16.8 Å². The molecule has 0 aliphatic heterocycles. The van der Waals surface area contributed by atoms with E-state index >= 15 is 0 Å². The van der Waals surface area contributed by atoms with Gasteiger partial charge in [-0.1, -0.05) is 37.8 Å². The van der Waals surface area contributed by atoms with Gasteiger partial charge in [-0.25, -0.2) is 0 Å². The number of hydrogen-bond acceptors (Lipinski definition) is 6. The van der Waals surface area contributed by atoms with Crippen LogP contribution >= 0.6 is 0 Å². The van der Waals surface area contributed by atoms with Crippen molar-refractivity contribution in [2.75, 3.05) is 33.0 Å². The van der Waals surface area contributed by atoms with Crippen molar-refractivity contribution in [2.45, 2.75) is 26.0 Å². The fourth-order valence-corrected chi connectivity index (χ4v) is 3.14. The quantitative estimate of drug-likeness (QED) is 0.299. The third-order valence-corrected chi connectivity index (χ3v) is 4.57. The number of aromatic hydroxyl groups is 1. The smallest absolute Gasteiger partial charge is 0.261 e. The molecule has 30 heavy (non-hydrogen) atoms. The highest BCUT2D eigenvalue weighted by atomic mass is 16.5. The van der Waals surface area contributed by atoms with Crippen LogP contribution in [-0.4, -0.2) is 60.1 Å². The van der Waals surface area contributed by atoms with Crippen molar-refractivity contribution < 1.29 is 19.7 Å². The van der Waals surface area contributed by atoms with E-state index in [2.05, 4.69) is 18.2 Å². The molecule has 7 nitrogen and oxygen atoms in total. The lowest BCUT2D eigenvalue weighted by molar-refractivity contribution is 0.0163. The third kappa shape index (κ3) is 5.66. The molecule has 1 aromatic heterocycles. The van der Waals surface area contributed by atoms with E-state index < -0.39 is 0 Å². The van der Waals surface area contributed by atoms with Crippen LogP contribution in [0.3, 0.4) is 0 Å². The van der Waals surface area contributed by atoms with E-state index in [0.29, 0.717) is 49.1 Å². The molecule has 1 heterocycles. The summed E-state index contributed by atoms with van der Waals surface area (Å²) < 4.78 is 12.2. The molecule has 162 valence electrons. The van der Waals surface area contributed by atoms with E-state index in [4.69, 9.17) is 14.6 Å². The summed E-state index contributed by atoms with van der Waals surface area (Å²) >= 11 is 0. The first-order valence-corrected chi connectivity index (χ1v) is 10.0. The number of aliphatic imine (C=N–C) groups is 1. The summed E-state index contributed by atoms with van der Waals surface area (Å²) in [4.78, 5) is 17.3. The number of fused-ring (bicyclic) bond motifs is 1. The van der Waals surface area contributed by atoms with Crippen LogP contribution < -0.4 is 5.56 Å². The minimum atomic E-state index is -0.326. The van der Waals surface area contributed by atoms with Gasteiger partial charge in [0.25, 0.3) is 5.56 Å². The molecular formula is C23H30N2O5. The number of aliphatic hydroxyl groups excluding tert-OH is 1. The highest BCUT2D eigenvalue weighted by Crippen LogP contribution is 2.27. The van der Waals surface area contributed by atoms with E-state index in [-0.39, 0.29) is 30.8 Å². The molecule has 0 spiro atoms. The number of aromatic nitrogens is 1. The monoisotopic (exact) mass is 414 g/mol. The molecule has 0 saturated heterocycles. The molecule has 2 rings (SSSR count). The maximum Gasteiger partial charge on any atom is 0.261 e. The molecule has 0 amide bonds. The lowest BCUT2D eigenvalue weighted by Gasteiger charge is -2.15. The predicted molar refractivity (Wildman–Crippen MR) is 121 cm³/mol. The van der Waals surface area contributed by atoms with Crippen molar-refractivity contribution in [3.8, 4) is 5.88 Å². The predicted octanol–water partition coefficient (Wildman–Crippen LogP) is 2.76. The lowest BCUT2D eigenvalue weighted by atomic mass is 10.0. The van der Waals surface area contributed by atoms with Crippen LogP contribution in [0, 0.1) is 0 Å². The van der Waals surface area contributed by atoms with Crippen molar-refractivity contribution in [3.05, 3.63) is 58.9 Å². The van der Waals surface area contributed by atoms with Crippen molar-refractivity contribution in [1.82, 2.24) is 4.57 Å². The fraction of sp³-hybridized carbons (Fsp3) is 0.391. The zero-order valence-electron chi connectivity index (χ0n) is 17.4. The molecule has 2 aromatic rings. The van der Waals surface area contributed by atoms with Gasteiger partial charge < -0.3 is 19.7 Å². The largest absolute Gasteiger partial charge is 0.494 e. The van der Waals surface area contributed by atoms with Crippen molar-refractivity contribution >= 4 is 23.1 Å². The van der Waals surface area contributed by atoms with Crippen molar-refractivity contribution in [1.29, 1.82) is 0 Å². The number of benzene rings is 1. The summed E-state index contributed by atoms with van der Waals surface area (Å²) in [6.07, 6.45) is 5.26. The summed E-state index contributed by atoms with van der Waals surface area (Å²) in [5.41, 5.74) is 0.991. The summed E-state index contributed by atoms with van der Waals surface area (Å²) in [6, 6.07) is 5.39. The first-order valence-electron chi connectivity index (χ1n) is 10.0. The zero-order valence-corrected chi connectivity index (χ0v) is 17.4. The van der Waals surface area contributed by atoms with E-state index in [9.17, 15) is 9.90 Å².